The maximum Gasteiger partial charge on any atom is 0.414 e. The summed E-state index contributed by atoms with van der Waals surface area (Å²) in [6.45, 7) is 1.72. The van der Waals surface area contributed by atoms with E-state index in [1.54, 1.807) is 14.1 Å². The third kappa shape index (κ3) is 5.85. The van der Waals surface area contributed by atoms with Gasteiger partial charge in [0, 0.05) is 26.1 Å². The summed E-state index contributed by atoms with van der Waals surface area (Å²) in [4.78, 5) is 51.4. The number of hydrogen-bond acceptors (Lipinski definition) is 8. The van der Waals surface area contributed by atoms with Crippen molar-refractivity contribution >= 4 is 35.3 Å². The van der Waals surface area contributed by atoms with Gasteiger partial charge >= 0.3 is 18.0 Å². The Hall–Kier alpha value is -3.32. The van der Waals surface area contributed by atoms with Crippen molar-refractivity contribution in [3.63, 3.8) is 0 Å². The minimum atomic E-state index is -0.851. The molecule has 2 N–H and O–H groups in total. The number of ether oxygens (including phenoxy) is 2. The van der Waals surface area contributed by atoms with Crippen LogP contribution in [0.1, 0.15) is 6.92 Å². The van der Waals surface area contributed by atoms with Crippen molar-refractivity contribution < 1.29 is 41.9 Å². The maximum absolute atomic E-state index is 15.0. The fourth-order valence-electron chi connectivity index (χ4n) is 4.01. The van der Waals surface area contributed by atoms with Crippen LogP contribution in [-0.2, 0) is 23.9 Å². The lowest BCUT2D eigenvalue weighted by Crippen LogP contribution is -2.61. The van der Waals surface area contributed by atoms with E-state index >= 15 is 8.78 Å². The number of hydrogen-bond donors (Lipinski definition) is 1. The molecule has 1 aromatic carbocycles. The van der Waals surface area contributed by atoms with Gasteiger partial charge in [-0.2, -0.15) is 0 Å². The number of cyclic esters (lactones) is 1. The molecule has 35 heavy (non-hydrogen) atoms. The van der Waals surface area contributed by atoms with Gasteiger partial charge in [0.25, 0.3) is 0 Å². The minimum absolute atomic E-state index is 0.0104. The number of nitrogens with two attached hydrogens (primary N) is 1. The van der Waals surface area contributed by atoms with E-state index in [1.807, 2.05) is 0 Å². The minimum Gasteiger partial charge on any atom is -0.450 e. The lowest BCUT2D eigenvalue weighted by Gasteiger charge is -2.40. The molecule has 11 nitrogen and oxygen atoms in total. The highest BCUT2D eigenvalue weighted by molar-refractivity contribution is 5.90. The van der Waals surface area contributed by atoms with E-state index in [4.69, 9.17) is 15.2 Å². The first-order valence-corrected chi connectivity index (χ1v) is 11.1. The molecule has 1 atom stereocenters. The number of quaternary nitrogens is 1. The molecule has 0 radical (unpaired) electrons. The Kier molecular flexibility index (Phi) is 7.90. The molecule has 3 amide bonds. The second-order valence-electron chi connectivity index (χ2n) is 8.86. The largest absolute Gasteiger partial charge is 0.450 e. The van der Waals surface area contributed by atoms with E-state index in [9.17, 15) is 19.2 Å². The summed E-state index contributed by atoms with van der Waals surface area (Å²) in [7, 11) is 3.24. The number of benzene rings is 1. The molecular formula is C22H30F2N5O6+. The number of rotatable bonds is 7. The van der Waals surface area contributed by atoms with Crippen molar-refractivity contribution in [2.24, 2.45) is 5.73 Å². The molecule has 13 heteroatoms. The number of likely N-dealkylation sites (N-methyl/N-ethyl adjacent to an activating group) is 2. The average molecular weight is 499 g/mol. The zero-order valence-electron chi connectivity index (χ0n) is 20.0. The summed E-state index contributed by atoms with van der Waals surface area (Å²) in [5.74, 6) is -2.92. The lowest BCUT2D eigenvalue weighted by molar-refractivity contribution is -0.835. The van der Waals surface area contributed by atoms with Gasteiger partial charge < -0.3 is 25.0 Å². The maximum atomic E-state index is 15.0. The molecular weight excluding hydrogens is 468 g/mol. The van der Waals surface area contributed by atoms with Crippen LogP contribution < -0.4 is 15.5 Å². The number of nitrogens with zero attached hydrogens (tertiary/aromatic N) is 4. The molecule has 1 aromatic rings. The van der Waals surface area contributed by atoms with Crippen LogP contribution in [0.4, 0.5) is 25.0 Å². The molecule has 0 spiro atoms. The summed E-state index contributed by atoms with van der Waals surface area (Å²) in [5.41, 5.74) is 4.93. The highest BCUT2D eigenvalue weighted by Gasteiger charge is 2.39. The standard InChI is InChI=1S/C22H30F2N5O6/c1-14(30)26(2)11-16-12-28(22(33)35-16)15-8-17(23)21(18(24)9-15)27-4-6-29(3,7-5-27)19(31)13-34-20(32)10-25/h8-9,16H,4-7,10-13,25H2,1-3H3/q+1. The first-order chi connectivity index (χ1) is 16.4. The van der Waals surface area contributed by atoms with E-state index in [1.165, 1.54) is 16.7 Å². The van der Waals surface area contributed by atoms with Crippen LogP contribution in [-0.4, -0.2) is 106 Å². The van der Waals surface area contributed by atoms with Gasteiger partial charge in [0.1, 0.15) is 24.9 Å². The van der Waals surface area contributed by atoms with Crippen molar-refractivity contribution in [1.82, 2.24) is 4.90 Å². The Labute approximate surface area is 201 Å². The lowest BCUT2D eigenvalue weighted by atomic mass is 10.1. The Morgan fingerprint density at radius 1 is 1.23 bits per heavy atom. The van der Waals surface area contributed by atoms with Crippen molar-refractivity contribution in [3.05, 3.63) is 23.8 Å². The summed E-state index contributed by atoms with van der Waals surface area (Å²) < 4.78 is 40.1. The Morgan fingerprint density at radius 2 is 1.83 bits per heavy atom. The Balaban J connectivity index is 1.67. The zero-order valence-corrected chi connectivity index (χ0v) is 20.0. The normalized spacial score (nSPS) is 19.4. The monoisotopic (exact) mass is 498 g/mol. The number of halogens is 2. The molecule has 0 aliphatic carbocycles. The van der Waals surface area contributed by atoms with E-state index in [-0.39, 0.29) is 73.5 Å². The summed E-state index contributed by atoms with van der Waals surface area (Å²) >= 11 is 0. The smallest absolute Gasteiger partial charge is 0.414 e. The number of carbonyl (C=O) groups excluding carboxylic acids is 4. The second kappa shape index (κ2) is 10.5. The summed E-state index contributed by atoms with van der Waals surface area (Å²) in [6.07, 6.45) is -1.38. The van der Waals surface area contributed by atoms with Gasteiger partial charge in [-0.3, -0.25) is 19.0 Å². The Bertz CT molecular complexity index is 991. The molecule has 2 saturated heterocycles. The molecule has 0 bridgehead atoms. The first kappa shape index (κ1) is 26.3. The van der Waals surface area contributed by atoms with Gasteiger partial charge in [0.05, 0.1) is 45.5 Å². The van der Waals surface area contributed by atoms with E-state index in [0.29, 0.717) is 0 Å². The number of piperazine rings is 1. The third-order valence-electron chi connectivity index (χ3n) is 6.37. The highest BCUT2D eigenvalue weighted by atomic mass is 19.1. The van der Waals surface area contributed by atoms with Gasteiger partial charge in [0.15, 0.2) is 11.6 Å². The van der Waals surface area contributed by atoms with Crippen LogP contribution in [0, 0.1) is 11.6 Å². The summed E-state index contributed by atoms with van der Waals surface area (Å²) in [5, 5.41) is 0. The van der Waals surface area contributed by atoms with Crippen molar-refractivity contribution in [3.8, 4) is 0 Å². The number of esters is 1. The third-order valence-corrected chi connectivity index (χ3v) is 6.37. The molecule has 2 aliphatic heterocycles. The van der Waals surface area contributed by atoms with Crippen LogP contribution in [0.25, 0.3) is 0 Å². The Morgan fingerprint density at radius 3 is 2.37 bits per heavy atom. The predicted molar refractivity (Wildman–Crippen MR) is 120 cm³/mol. The quantitative estimate of drug-likeness (QED) is 0.414. The van der Waals surface area contributed by atoms with Crippen molar-refractivity contribution in [2.75, 3.05) is 76.3 Å². The fourth-order valence-corrected chi connectivity index (χ4v) is 4.01. The average Bonchev–Trinajstić information content (AvgIpc) is 3.17. The van der Waals surface area contributed by atoms with Gasteiger partial charge in [-0.1, -0.05) is 0 Å². The van der Waals surface area contributed by atoms with Gasteiger partial charge in [-0.05, 0) is 0 Å². The van der Waals surface area contributed by atoms with Crippen molar-refractivity contribution in [2.45, 2.75) is 13.0 Å². The number of amides is 3. The van der Waals surface area contributed by atoms with Gasteiger partial charge in [-0.15, -0.1) is 0 Å². The highest BCUT2D eigenvalue weighted by Crippen LogP contribution is 2.32. The van der Waals surface area contributed by atoms with Gasteiger partial charge in [0.2, 0.25) is 12.5 Å². The van der Waals surface area contributed by atoms with Crippen LogP contribution in [0.3, 0.4) is 0 Å². The predicted octanol–water partition coefficient (Wildman–Crippen LogP) is 0.0634. The number of anilines is 2. The van der Waals surface area contributed by atoms with Crippen molar-refractivity contribution in [1.29, 1.82) is 0 Å². The van der Waals surface area contributed by atoms with Crippen LogP contribution in [0.2, 0.25) is 0 Å². The van der Waals surface area contributed by atoms with E-state index in [2.05, 4.69) is 0 Å². The molecule has 2 aliphatic rings. The van der Waals surface area contributed by atoms with E-state index < -0.39 is 36.4 Å². The van der Waals surface area contributed by atoms with Crippen LogP contribution in [0.15, 0.2) is 12.1 Å². The molecule has 0 saturated carbocycles. The number of carbonyl (C=O) groups is 4. The van der Waals surface area contributed by atoms with Gasteiger partial charge in [-0.25, -0.2) is 18.4 Å². The molecule has 1 unspecified atom stereocenters. The van der Waals surface area contributed by atoms with Crippen LogP contribution in [0.5, 0.6) is 0 Å². The molecule has 2 fully saturated rings. The molecule has 192 valence electrons. The first-order valence-electron chi connectivity index (χ1n) is 11.1. The van der Waals surface area contributed by atoms with E-state index in [0.717, 1.165) is 17.0 Å². The molecule has 0 aromatic heterocycles. The summed E-state index contributed by atoms with van der Waals surface area (Å²) in [6, 6.07) is 2.13. The topological polar surface area (TPSA) is 122 Å². The fraction of sp³-hybridized carbons (Fsp3) is 0.545. The zero-order chi connectivity index (χ0) is 25.9. The molecule has 2 heterocycles. The van der Waals surface area contributed by atoms with Crippen LogP contribution >= 0.6 is 0 Å². The molecule has 3 rings (SSSR count). The second-order valence-corrected chi connectivity index (χ2v) is 8.86. The SMILES string of the molecule is CC(=O)N(C)CC1CN(c2cc(F)c(N3CC[N+](C)(C(=O)COC(=O)CN)CC3)c(F)c2)C(=O)O1.